The van der Waals surface area contributed by atoms with Crippen LogP contribution in [0.4, 0.5) is 5.69 Å². The van der Waals surface area contributed by atoms with E-state index in [1.54, 1.807) is 30.3 Å². The van der Waals surface area contributed by atoms with Crippen molar-refractivity contribution in [1.29, 1.82) is 0 Å². The smallest absolute Gasteiger partial charge is 0.271 e. The highest BCUT2D eigenvalue weighted by molar-refractivity contribution is 7.93. The summed E-state index contributed by atoms with van der Waals surface area (Å²) in [5.74, 6) is 0.807. The average Bonchev–Trinajstić information content (AvgIpc) is 2.97. The van der Waals surface area contributed by atoms with Crippen LogP contribution in [0.3, 0.4) is 0 Å². The molecule has 0 aliphatic carbocycles. The summed E-state index contributed by atoms with van der Waals surface area (Å²) in [5.41, 5.74) is 1.79. The summed E-state index contributed by atoms with van der Waals surface area (Å²) >= 11 is 5.95. The number of rotatable bonds is 11. The Bertz CT molecular complexity index is 1570. The van der Waals surface area contributed by atoms with Crippen LogP contribution >= 0.6 is 11.6 Å². The van der Waals surface area contributed by atoms with Gasteiger partial charge in [0, 0.05) is 11.1 Å². The first-order chi connectivity index (χ1) is 19.3. The maximum atomic E-state index is 13.6. The molecule has 0 heterocycles. The van der Waals surface area contributed by atoms with Crippen molar-refractivity contribution >= 4 is 39.3 Å². The zero-order chi connectivity index (χ0) is 28.5. The van der Waals surface area contributed by atoms with E-state index in [9.17, 15) is 13.2 Å². The molecule has 0 N–H and O–H groups in total. The molecule has 0 saturated heterocycles. The van der Waals surface area contributed by atoms with Crippen LogP contribution in [0.15, 0.2) is 108 Å². The van der Waals surface area contributed by atoms with Crippen LogP contribution in [-0.2, 0) is 21.4 Å². The Morgan fingerprint density at radius 2 is 1.57 bits per heavy atom. The van der Waals surface area contributed by atoms with Crippen LogP contribution in [0.5, 0.6) is 17.2 Å². The van der Waals surface area contributed by atoms with Crippen molar-refractivity contribution in [3.8, 4) is 17.2 Å². The van der Waals surface area contributed by atoms with Gasteiger partial charge in [0.1, 0.15) is 12.4 Å². The average molecular weight is 578 g/mol. The van der Waals surface area contributed by atoms with Crippen LogP contribution in [0, 0.1) is 0 Å². The Morgan fingerprint density at radius 3 is 2.23 bits per heavy atom. The summed E-state index contributed by atoms with van der Waals surface area (Å²) in [6.45, 7) is 2.66. The second-order valence-corrected chi connectivity index (χ2v) is 10.7. The molecule has 206 valence electrons. The van der Waals surface area contributed by atoms with E-state index in [0.29, 0.717) is 41.0 Å². The van der Waals surface area contributed by atoms with Crippen molar-refractivity contribution in [3.63, 3.8) is 0 Å². The van der Waals surface area contributed by atoms with Crippen LogP contribution < -0.4 is 18.5 Å². The topological polar surface area (TPSA) is 82.1 Å². The monoisotopic (exact) mass is 577 g/mol. The third kappa shape index (κ3) is 7.02. The Kier molecular flexibility index (Phi) is 9.47. The predicted molar refractivity (Wildman–Crippen MR) is 157 cm³/mol. The fraction of sp³-hybridized carbons (Fsp3) is 0.129. The standard InChI is InChI=1S/C31H28ClNO6S/c1-3-38-27-15-13-26(14-16-27)33(40(35,36)28-17-11-25(32)12-18-28)31(34)20-10-23-9-19-29(30(21-23)37-2)39-22-24-7-5-4-6-8-24/h4-21H,3,22H2,1-2H3/b20-10+. The number of benzene rings is 4. The number of hydrogen-bond donors (Lipinski definition) is 0. The molecule has 0 bridgehead atoms. The first-order valence-corrected chi connectivity index (χ1v) is 14.2. The first-order valence-electron chi connectivity index (χ1n) is 12.4. The number of hydrogen-bond acceptors (Lipinski definition) is 6. The van der Waals surface area contributed by atoms with Crippen molar-refractivity contribution in [2.24, 2.45) is 0 Å². The predicted octanol–water partition coefficient (Wildman–Crippen LogP) is 6.76. The molecule has 0 spiro atoms. The molecule has 0 aromatic heterocycles. The van der Waals surface area contributed by atoms with Gasteiger partial charge in [0.2, 0.25) is 0 Å². The van der Waals surface area contributed by atoms with Gasteiger partial charge < -0.3 is 14.2 Å². The fourth-order valence-corrected chi connectivity index (χ4v) is 5.33. The molecular weight excluding hydrogens is 550 g/mol. The Balaban J connectivity index is 1.61. The molecular formula is C31H28ClNO6S. The quantitative estimate of drug-likeness (QED) is 0.183. The molecule has 0 atom stereocenters. The van der Waals surface area contributed by atoms with Gasteiger partial charge in [0.05, 0.1) is 24.3 Å². The van der Waals surface area contributed by atoms with Crippen molar-refractivity contribution in [1.82, 2.24) is 0 Å². The maximum absolute atomic E-state index is 13.6. The van der Waals surface area contributed by atoms with E-state index in [0.717, 1.165) is 9.87 Å². The van der Waals surface area contributed by atoms with E-state index < -0.39 is 15.9 Å². The van der Waals surface area contributed by atoms with Crippen LogP contribution in [0.1, 0.15) is 18.1 Å². The molecule has 9 heteroatoms. The van der Waals surface area contributed by atoms with Gasteiger partial charge >= 0.3 is 0 Å². The number of carbonyl (C=O) groups excluding carboxylic acids is 1. The lowest BCUT2D eigenvalue weighted by Gasteiger charge is -2.22. The number of amides is 1. The van der Waals surface area contributed by atoms with Crippen molar-refractivity contribution in [3.05, 3.63) is 119 Å². The van der Waals surface area contributed by atoms with Gasteiger partial charge in [-0.25, -0.2) is 8.42 Å². The second-order valence-electron chi connectivity index (χ2n) is 8.51. The highest BCUT2D eigenvalue weighted by atomic mass is 35.5. The summed E-state index contributed by atoms with van der Waals surface area (Å²) in [6, 6.07) is 26.8. The first kappa shape index (κ1) is 28.7. The van der Waals surface area contributed by atoms with Gasteiger partial charge in [0.25, 0.3) is 15.9 Å². The summed E-state index contributed by atoms with van der Waals surface area (Å²) in [6.07, 6.45) is 2.72. The Morgan fingerprint density at radius 1 is 0.875 bits per heavy atom. The number of anilines is 1. The summed E-state index contributed by atoms with van der Waals surface area (Å²) in [4.78, 5) is 13.4. The van der Waals surface area contributed by atoms with E-state index in [4.69, 9.17) is 25.8 Å². The lowest BCUT2D eigenvalue weighted by atomic mass is 10.2. The molecule has 0 unspecified atom stereocenters. The summed E-state index contributed by atoms with van der Waals surface area (Å²) < 4.78 is 44.8. The molecule has 0 aliphatic heterocycles. The number of nitrogens with zero attached hydrogens (tertiary/aromatic N) is 1. The van der Waals surface area contributed by atoms with E-state index >= 15 is 0 Å². The molecule has 40 heavy (non-hydrogen) atoms. The highest BCUT2D eigenvalue weighted by Crippen LogP contribution is 2.30. The van der Waals surface area contributed by atoms with Gasteiger partial charge in [-0.3, -0.25) is 4.79 Å². The van der Waals surface area contributed by atoms with Crippen LogP contribution in [-0.4, -0.2) is 28.0 Å². The van der Waals surface area contributed by atoms with Crippen molar-refractivity contribution in [2.45, 2.75) is 18.4 Å². The van der Waals surface area contributed by atoms with E-state index in [1.165, 1.54) is 55.7 Å². The van der Waals surface area contributed by atoms with E-state index in [-0.39, 0.29) is 10.6 Å². The van der Waals surface area contributed by atoms with E-state index in [1.807, 2.05) is 37.3 Å². The largest absolute Gasteiger partial charge is 0.494 e. The minimum atomic E-state index is -4.26. The molecule has 0 aliphatic rings. The molecule has 0 fully saturated rings. The lowest BCUT2D eigenvalue weighted by molar-refractivity contribution is -0.113. The Hall–Kier alpha value is -4.27. The lowest BCUT2D eigenvalue weighted by Crippen LogP contribution is -2.35. The second kappa shape index (κ2) is 13.2. The summed E-state index contributed by atoms with van der Waals surface area (Å²) in [5, 5.41) is 0.378. The van der Waals surface area contributed by atoms with Crippen molar-refractivity contribution in [2.75, 3.05) is 18.0 Å². The third-order valence-electron chi connectivity index (χ3n) is 5.78. The highest BCUT2D eigenvalue weighted by Gasteiger charge is 2.30. The van der Waals surface area contributed by atoms with Gasteiger partial charge in [-0.15, -0.1) is 0 Å². The molecule has 4 aromatic carbocycles. The molecule has 7 nitrogen and oxygen atoms in total. The maximum Gasteiger partial charge on any atom is 0.271 e. The van der Waals surface area contributed by atoms with E-state index in [2.05, 4.69) is 0 Å². The fourth-order valence-electron chi connectivity index (χ4n) is 3.82. The molecule has 4 aromatic rings. The third-order valence-corrected chi connectivity index (χ3v) is 7.77. The molecule has 0 saturated carbocycles. The normalized spacial score (nSPS) is 11.3. The van der Waals surface area contributed by atoms with Crippen molar-refractivity contribution < 1.29 is 27.4 Å². The van der Waals surface area contributed by atoms with Crippen LogP contribution in [0.25, 0.3) is 6.08 Å². The van der Waals surface area contributed by atoms with Gasteiger partial charge in [-0.2, -0.15) is 4.31 Å². The molecule has 0 radical (unpaired) electrons. The van der Waals surface area contributed by atoms with Gasteiger partial charge in [-0.05, 0) is 84.8 Å². The number of sulfonamides is 1. The minimum Gasteiger partial charge on any atom is -0.494 e. The minimum absolute atomic E-state index is 0.0749. The molecule has 4 rings (SSSR count). The summed E-state index contributed by atoms with van der Waals surface area (Å²) in [7, 11) is -2.74. The number of carbonyl (C=O) groups is 1. The SMILES string of the molecule is CCOc1ccc(N(C(=O)/C=C/c2ccc(OCc3ccccc3)c(OC)c2)S(=O)(=O)c2ccc(Cl)cc2)cc1. The van der Waals surface area contributed by atoms with Gasteiger partial charge in [-0.1, -0.05) is 48.0 Å². The van der Waals surface area contributed by atoms with Crippen LogP contribution in [0.2, 0.25) is 5.02 Å². The molecule has 1 amide bonds. The number of halogens is 1. The number of ether oxygens (including phenoxy) is 3. The number of methoxy groups -OCH3 is 1. The Labute approximate surface area is 239 Å². The zero-order valence-corrected chi connectivity index (χ0v) is 23.6. The van der Waals surface area contributed by atoms with Gasteiger partial charge in [0.15, 0.2) is 11.5 Å². The zero-order valence-electron chi connectivity index (χ0n) is 22.0.